The Balaban J connectivity index is 0.00000220. The Morgan fingerprint density at radius 3 is 3.10 bits per heavy atom. The summed E-state index contributed by atoms with van der Waals surface area (Å²) in [6, 6.07) is 7.89. The second-order valence-corrected chi connectivity index (χ2v) is 4.85. The Labute approximate surface area is 131 Å². The van der Waals surface area contributed by atoms with Crippen LogP contribution in [0.25, 0.3) is 0 Å². The molecule has 0 spiro atoms. The molecule has 1 heterocycles. The molecule has 118 valence electrons. The minimum Gasteiger partial charge on any atom is -0.497 e. The number of ether oxygens (including phenoxy) is 2. The Morgan fingerprint density at radius 2 is 2.38 bits per heavy atom. The van der Waals surface area contributed by atoms with Crippen LogP contribution in [0, 0.1) is 0 Å². The lowest BCUT2D eigenvalue weighted by Gasteiger charge is -2.23. The van der Waals surface area contributed by atoms with E-state index in [0.29, 0.717) is 19.6 Å². The highest BCUT2D eigenvalue weighted by molar-refractivity contribution is 5.85. The van der Waals surface area contributed by atoms with Gasteiger partial charge in [0.05, 0.1) is 26.2 Å². The molecule has 0 aliphatic carbocycles. The molecule has 0 saturated carbocycles. The van der Waals surface area contributed by atoms with Crippen LogP contribution in [0.2, 0.25) is 0 Å². The van der Waals surface area contributed by atoms with Crippen molar-refractivity contribution in [2.24, 2.45) is 0 Å². The van der Waals surface area contributed by atoms with Gasteiger partial charge < -0.3 is 20.1 Å². The largest absolute Gasteiger partial charge is 0.497 e. The first-order chi connectivity index (χ1) is 9.78. The third kappa shape index (κ3) is 6.33. The molecular formula is C15H23ClN2O3. The average molecular weight is 315 g/mol. The van der Waals surface area contributed by atoms with Crippen LogP contribution in [0.3, 0.4) is 0 Å². The summed E-state index contributed by atoms with van der Waals surface area (Å²) in [7, 11) is 1.65. The van der Waals surface area contributed by atoms with Crippen LogP contribution in [0.4, 0.5) is 0 Å². The second-order valence-electron chi connectivity index (χ2n) is 4.85. The van der Waals surface area contributed by atoms with Crippen molar-refractivity contribution in [3.05, 3.63) is 29.8 Å². The van der Waals surface area contributed by atoms with Crippen molar-refractivity contribution >= 4 is 18.3 Å². The second kappa shape index (κ2) is 9.60. The zero-order valence-electron chi connectivity index (χ0n) is 12.3. The SMILES string of the molecule is COc1cccc(CCNC(=O)CC2CNCCO2)c1.Cl. The van der Waals surface area contributed by atoms with Gasteiger partial charge in [-0.15, -0.1) is 12.4 Å². The molecule has 1 atom stereocenters. The normalized spacial score (nSPS) is 17.7. The van der Waals surface area contributed by atoms with Crippen molar-refractivity contribution in [3.8, 4) is 5.75 Å². The highest BCUT2D eigenvalue weighted by atomic mass is 35.5. The first-order valence-electron chi connectivity index (χ1n) is 7.00. The van der Waals surface area contributed by atoms with E-state index in [2.05, 4.69) is 10.6 Å². The summed E-state index contributed by atoms with van der Waals surface area (Å²) < 4.78 is 10.7. The molecule has 0 aromatic heterocycles. The van der Waals surface area contributed by atoms with Gasteiger partial charge in [-0.1, -0.05) is 12.1 Å². The number of morpholine rings is 1. The van der Waals surface area contributed by atoms with Crippen LogP contribution in [0.1, 0.15) is 12.0 Å². The molecule has 1 aliphatic rings. The number of benzene rings is 1. The van der Waals surface area contributed by atoms with E-state index in [1.807, 2.05) is 24.3 Å². The molecule has 21 heavy (non-hydrogen) atoms. The van der Waals surface area contributed by atoms with Crippen LogP contribution < -0.4 is 15.4 Å². The van der Waals surface area contributed by atoms with E-state index < -0.39 is 0 Å². The molecule has 5 nitrogen and oxygen atoms in total. The Kier molecular flexibility index (Phi) is 8.12. The van der Waals surface area contributed by atoms with Crippen LogP contribution in [0.15, 0.2) is 24.3 Å². The van der Waals surface area contributed by atoms with Gasteiger partial charge in [0.1, 0.15) is 5.75 Å². The van der Waals surface area contributed by atoms with E-state index >= 15 is 0 Å². The van der Waals surface area contributed by atoms with Crippen LogP contribution in [-0.4, -0.2) is 45.4 Å². The van der Waals surface area contributed by atoms with Crippen LogP contribution >= 0.6 is 12.4 Å². The van der Waals surface area contributed by atoms with Gasteiger partial charge in [-0.2, -0.15) is 0 Å². The van der Waals surface area contributed by atoms with E-state index in [9.17, 15) is 4.79 Å². The van der Waals surface area contributed by atoms with Gasteiger partial charge in [-0.3, -0.25) is 4.79 Å². The maximum atomic E-state index is 11.8. The quantitative estimate of drug-likeness (QED) is 0.827. The molecule has 0 radical (unpaired) electrons. The van der Waals surface area contributed by atoms with E-state index in [0.717, 1.165) is 30.8 Å². The van der Waals surface area contributed by atoms with E-state index in [4.69, 9.17) is 9.47 Å². The van der Waals surface area contributed by atoms with Gasteiger partial charge in [0.25, 0.3) is 0 Å². The molecule has 6 heteroatoms. The maximum absolute atomic E-state index is 11.8. The van der Waals surface area contributed by atoms with Crippen molar-refractivity contribution in [3.63, 3.8) is 0 Å². The number of rotatable bonds is 6. The van der Waals surface area contributed by atoms with Gasteiger partial charge in [-0.05, 0) is 24.1 Å². The molecule has 1 saturated heterocycles. The molecule has 1 aliphatic heterocycles. The first kappa shape index (κ1) is 17.8. The molecular weight excluding hydrogens is 292 g/mol. The zero-order valence-corrected chi connectivity index (χ0v) is 13.1. The highest BCUT2D eigenvalue weighted by Gasteiger charge is 2.16. The van der Waals surface area contributed by atoms with E-state index in [1.54, 1.807) is 7.11 Å². The lowest BCUT2D eigenvalue weighted by atomic mass is 10.1. The Hall–Kier alpha value is -1.30. The molecule has 2 N–H and O–H groups in total. The van der Waals surface area contributed by atoms with Gasteiger partial charge in [0, 0.05) is 19.6 Å². The van der Waals surface area contributed by atoms with Crippen molar-refractivity contribution in [1.29, 1.82) is 0 Å². The molecule has 1 unspecified atom stereocenters. The lowest BCUT2D eigenvalue weighted by Crippen LogP contribution is -2.41. The monoisotopic (exact) mass is 314 g/mol. The van der Waals surface area contributed by atoms with Gasteiger partial charge in [0.2, 0.25) is 5.91 Å². The third-order valence-electron chi connectivity index (χ3n) is 3.29. The standard InChI is InChI=1S/C15H22N2O3.ClH/c1-19-13-4-2-3-12(9-13)5-6-17-15(18)10-14-11-16-7-8-20-14;/h2-4,9,14,16H,5-8,10-11H2,1H3,(H,17,18);1H. The fourth-order valence-electron chi connectivity index (χ4n) is 2.20. The van der Waals surface area contributed by atoms with Crippen molar-refractivity contribution < 1.29 is 14.3 Å². The predicted molar refractivity (Wildman–Crippen MR) is 84.2 cm³/mol. The third-order valence-corrected chi connectivity index (χ3v) is 3.29. The summed E-state index contributed by atoms with van der Waals surface area (Å²) in [5.41, 5.74) is 1.15. The molecule has 0 bridgehead atoms. The summed E-state index contributed by atoms with van der Waals surface area (Å²) >= 11 is 0. The van der Waals surface area contributed by atoms with E-state index in [-0.39, 0.29) is 24.4 Å². The molecule has 1 aromatic carbocycles. The minimum atomic E-state index is 0. The number of methoxy groups -OCH3 is 1. The summed E-state index contributed by atoms with van der Waals surface area (Å²) in [5.74, 6) is 0.886. The fourth-order valence-corrected chi connectivity index (χ4v) is 2.20. The minimum absolute atomic E-state index is 0. The predicted octanol–water partition coefficient (Wildman–Crippen LogP) is 1.15. The summed E-state index contributed by atoms with van der Waals surface area (Å²) in [5, 5.41) is 6.14. The molecule has 1 fully saturated rings. The Bertz CT molecular complexity index is 437. The number of halogens is 1. The summed E-state index contributed by atoms with van der Waals surface area (Å²) in [4.78, 5) is 11.8. The number of hydrogen-bond acceptors (Lipinski definition) is 4. The lowest BCUT2D eigenvalue weighted by molar-refractivity contribution is -0.124. The Morgan fingerprint density at radius 1 is 1.52 bits per heavy atom. The van der Waals surface area contributed by atoms with Crippen LogP contribution in [-0.2, 0) is 16.0 Å². The van der Waals surface area contributed by atoms with Gasteiger partial charge in [-0.25, -0.2) is 0 Å². The zero-order chi connectivity index (χ0) is 14.2. The number of nitrogens with one attached hydrogen (secondary N) is 2. The van der Waals surface area contributed by atoms with E-state index in [1.165, 1.54) is 0 Å². The fraction of sp³-hybridized carbons (Fsp3) is 0.533. The van der Waals surface area contributed by atoms with Crippen molar-refractivity contribution in [2.45, 2.75) is 18.9 Å². The average Bonchev–Trinajstić information content (AvgIpc) is 2.48. The number of carbonyl (C=O) groups excluding carboxylic acids is 1. The highest BCUT2D eigenvalue weighted by Crippen LogP contribution is 2.12. The van der Waals surface area contributed by atoms with Crippen molar-refractivity contribution in [2.75, 3.05) is 33.4 Å². The summed E-state index contributed by atoms with van der Waals surface area (Å²) in [6.45, 7) is 2.94. The van der Waals surface area contributed by atoms with Crippen molar-refractivity contribution in [1.82, 2.24) is 10.6 Å². The molecule has 1 aromatic rings. The first-order valence-corrected chi connectivity index (χ1v) is 7.00. The molecule has 1 amide bonds. The number of amides is 1. The number of carbonyl (C=O) groups is 1. The topological polar surface area (TPSA) is 59.6 Å². The van der Waals surface area contributed by atoms with Crippen LogP contribution in [0.5, 0.6) is 5.75 Å². The maximum Gasteiger partial charge on any atom is 0.222 e. The van der Waals surface area contributed by atoms with Gasteiger partial charge >= 0.3 is 0 Å². The number of hydrogen-bond donors (Lipinski definition) is 2. The van der Waals surface area contributed by atoms with Gasteiger partial charge in [0.15, 0.2) is 0 Å². The molecule has 2 rings (SSSR count). The summed E-state index contributed by atoms with van der Waals surface area (Å²) in [6.07, 6.45) is 1.22. The smallest absolute Gasteiger partial charge is 0.222 e.